The van der Waals surface area contributed by atoms with Gasteiger partial charge in [0.15, 0.2) is 0 Å². The summed E-state index contributed by atoms with van der Waals surface area (Å²) in [5.41, 5.74) is 1.41. The molecule has 1 unspecified atom stereocenters. The number of ether oxygens (including phenoxy) is 1. The molecule has 1 aliphatic rings. The fourth-order valence-corrected chi connectivity index (χ4v) is 2.67. The summed E-state index contributed by atoms with van der Waals surface area (Å²) in [6, 6.07) is 4.17. The highest BCUT2D eigenvalue weighted by Gasteiger charge is 2.36. The van der Waals surface area contributed by atoms with E-state index in [1.165, 1.54) is 5.56 Å². The number of aliphatic hydroxyl groups is 1. The van der Waals surface area contributed by atoms with Crippen LogP contribution in [0.5, 0.6) is 5.75 Å². The largest absolute Gasteiger partial charge is 0.493 e. The van der Waals surface area contributed by atoms with Gasteiger partial charge in [-0.1, -0.05) is 36.7 Å². The maximum Gasteiger partial charge on any atom is 0.125 e. The van der Waals surface area contributed by atoms with Crippen LogP contribution in [0.15, 0.2) is 16.6 Å². The first kappa shape index (κ1) is 13.9. The summed E-state index contributed by atoms with van der Waals surface area (Å²) in [5, 5.41) is 10.7. The van der Waals surface area contributed by atoms with E-state index in [1.54, 1.807) is 0 Å². The standard InChI is InChI=1S/C15H21BrO2/c1-14(2,3)15(4,17)9-11-8-12(16)7-10-5-6-18-13(10)11/h7-8,17H,5-6,9H2,1-4H3. The van der Waals surface area contributed by atoms with E-state index in [-0.39, 0.29) is 5.41 Å². The molecule has 0 saturated heterocycles. The lowest BCUT2D eigenvalue weighted by molar-refractivity contribution is -0.0409. The quantitative estimate of drug-likeness (QED) is 0.901. The van der Waals surface area contributed by atoms with Crippen molar-refractivity contribution in [1.82, 2.24) is 0 Å². The lowest BCUT2D eigenvalue weighted by Gasteiger charge is -2.37. The molecule has 18 heavy (non-hydrogen) atoms. The maximum atomic E-state index is 10.7. The van der Waals surface area contributed by atoms with Gasteiger partial charge < -0.3 is 9.84 Å². The van der Waals surface area contributed by atoms with Crippen LogP contribution in [-0.4, -0.2) is 17.3 Å². The molecule has 0 saturated carbocycles. The summed E-state index contributed by atoms with van der Waals surface area (Å²) in [6.45, 7) is 8.83. The van der Waals surface area contributed by atoms with Crippen molar-refractivity contribution >= 4 is 15.9 Å². The summed E-state index contributed by atoms with van der Waals surface area (Å²) >= 11 is 3.54. The number of rotatable bonds is 2. The Balaban J connectivity index is 2.36. The molecule has 2 nitrogen and oxygen atoms in total. The summed E-state index contributed by atoms with van der Waals surface area (Å²) in [6.07, 6.45) is 1.57. The van der Waals surface area contributed by atoms with Gasteiger partial charge in [-0.2, -0.15) is 0 Å². The van der Waals surface area contributed by atoms with Crippen LogP contribution in [-0.2, 0) is 12.8 Å². The number of fused-ring (bicyclic) bond motifs is 1. The second-order valence-corrected chi connectivity index (χ2v) is 7.27. The molecular formula is C15H21BrO2. The van der Waals surface area contributed by atoms with E-state index in [1.807, 2.05) is 6.92 Å². The van der Waals surface area contributed by atoms with Gasteiger partial charge >= 0.3 is 0 Å². The molecule has 3 heteroatoms. The average molecular weight is 313 g/mol. The van der Waals surface area contributed by atoms with Crippen molar-refractivity contribution in [3.8, 4) is 5.75 Å². The Morgan fingerprint density at radius 2 is 1.94 bits per heavy atom. The van der Waals surface area contributed by atoms with Crippen molar-refractivity contribution in [3.05, 3.63) is 27.7 Å². The number of hydrogen-bond acceptors (Lipinski definition) is 2. The van der Waals surface area contributed by atoms with E-state index in [9.17, 15) is 5.11 Å². The van der Waals surface area contributed by atoms with Crippen molar-refractivity contribution < 1.29 is 9.84 Å². The molecule has 1 aromatic rings. The fraction of sp³-hybridized carbons (Fsp3) is 0.600. The third kappa shape index (κ3) is 2.57. The molecule has 1 N–H and O–H groups in total. The van der Waals surface area contributed by atoms with Crippen molar-refractivity contribution in [2.24, 2.45) is 5.41 Å². The first-order valence-corrected chi connectivity index (χ1v) is 7.16. The number of hydrogen-bond donors (Lipinski definition) is 1. The molecule has 2 rings (SSSR count). The minimum absolute atomic E-state index is 0.166. The second kappa shape index (κ2) is 4.53. The summed E-state index contributed by atoms with van der Waals surface area (Å²) in [7, 11) is 0. The molecule has 1 atom stereocenters. The molecule has 0 fully saturated rings. The summed E-state index contributed by atoms with van der Waals surface area (Å²) in [4.78, 5) is 0. The van der Waals surface area contributed by atoms with E-state index in [0.717, 1.165) is 28.8 Å². The Bertz CT molecular complexity index is 458. The van der Waals surface area contributed by atoms with Crippen molar-refractivity contribution in [2.45, 2.75) is 46.1 Å². The van der Waals surface area contributed by atoms with Gasteiger partial charge in [-0.25, -0.2) is 0 Å². The predicted molar refractivity (Wildman–Crippen MR) is 77.1 cm³/mol. The zero-order valence-electron chi connectivity index (χ0n) is 11.5. The Morgan fingerprint density at radius 1 is 1.28 bits per heavy atom. The Labute approximate surface area is 117 Å². The van der Waals surface area contributed by atoms with E-state index in [2.05, 4.69) is 48.8 Å². The van der Waals surface area contributed by atoms with Gasteiger partial charge in [-0.15, -0.1) is 0 Å². The van der Waals surface area contributed by atoms with Gasteiger partial charge in [0.2, 0.25) is 0 Å². The molecule has 0 radical (unpaired) electrons. The molecular weight excluding hydrogens is 292 g/mol. The van der Waals surface area contributed by atoms with Gasteiger partial charge in [-0.3, -0.25) is 0 Å². The Morgan fingerprint density at radius 3 is 2.56 bits per heavy atom. The highest BCUT2D eigenvalue weighted by molar-refractivity contribution is 9.10. The van der Waals surface area contributed by atoms with Crippen molar-refractivity contribution in [2.75, 3.05) is 6.61 Å². The van der Waals surface area contributed by atoms with Crippen LogP contribution >= 0.6 is 15.9 Å². The van der Waals surface area contributed by atoms with E-state index in [0.29, 0.717) is 6.42 Å². The number of halogens is 1. The Kier molecular flexibility index (Phi) is 3.50. The Hall–Kier alpha value is -0.540. The molecule has 0 bridgehead atoms. The van der Waals surface area contributed by atoms with Crippen LogP contribution in [0.25, 0.3) is 0 Å². The molecule has 1 heterocycles. The minimum atomic E-state index is -0.756. The minimum Gasteiger partial charge on any atom is -0.493 e. The molecule has 0 amide bonds. The van der Waals surface area contributed by atoms with Gasteiger partial charge in [0.25, 0.3) is 0 Å². The van der Waals surface area contributed by atoms with Crippen LogP contribution in [0.3, 0.4) is 0 Å². The van der Waals surface area contributed by atoms with Crippen LogP contribution in [0.1, 0.15) is 38.8 Å². The fourth-order valence-electron chi connectivity index (χ4n) is 2.11. The summed E-state index contributed by atoms with van der Waals surface area (Å²) < 4.78 is 6.77. The van der Waals surface area contributed by atoms with Crippen LogP contribution in [0.4, 0.5) is 0 Å². The van der Waals surface area contributed by atoms with Crippen molar-refractivity contribution in [1.29, 1.82) is 0 Å². The third-order valence-corrected chi connectivity index (χ3v) is 4.43. The van der Waals surface area contributed by atoms with E-state index >= 15 is 0 Å². The monoisotopic (exact) mass is 312 g/mol. The predicted octanol–water partition coefficient (Wildman–Crippen LogP) is 3.72. The molecule has 1 aromatic carbocycles. The van der Waals surface area contributed by atoms with Gasteiger partial charge in [-0.05, 0) is 35.6 Å². The smallest absolute Gasteiger partial charge is 0.125 e. The molecule has 0 spiro atoms. The first-order chi connectivity index (χ1) is 8.21. The lowest BCUT2D eigenvalue weighted by Crippen LogP contribution is -2.41. The zero-order chi connectivity index (χ0) is 13.6. The van der Waals surface area contributed by atoms with Crippen LogP contribution in [0, 0.1) is 5.41 Å². The van der Waals surface area contributed by atoms with E-state index in [4.69, 9.17) is 4.74 Å². The lowest BCUT2D eigenvalue weighted by atomic mass is 9.74. The van der Waals surface area contributed by atoms with Crippen LogP contribution in [0.2, 0.25) is 0 Å². The molecule has 0 aromatic heterocycles. The molecule has 0 aliphatic carbocycles. The topological polar surface area (TPSA) is 29.5 Å². The number of benzene rings is 1. The highest BCUT2D eigenvalue weighted by Crippen LogP contribution is 2.39. The van der Waals surface area contributed by atoms with Crippen molar-refractivity contribution in [3.63, 3.8) is 0 Å². The van der Waals surface area contributed by atoms with E-state index < -0.39 is 5.60 Å². The first-order valence-electron chi connectivity index (χ1n) is 6.37. The van der Waals surface area contributed by atoms with Gasteiger partial charge in [0.05, 0.1) is 12.2 Å². The van der Waals surface area contributed by atoms with Crippen LogP contribution < -0.4 is 4.74 Å². The van der Waals surface area contributed by atoms with Gasteiger partial charge in [0, 0.05) is 17.3 Å². The van der Waals surface area contributed by atoms with Gasteiger partial charge in [0.1, 0.15) is 5.75 Å². The third-order valence-electron chi connectivity index (χ3n) is 3.98. The summed E-state index contributed by atoms with van der Waals surface area (Å²) in [5.74, 6) is 0.975. The maximum absolute atomic E-state index is 10.7. The zero-order valence-corrected chi connectivity index (χ0v) is 13.1. The molecule has 1 aliphatic heterocycles. The highest BCUT2D eigenvalue weighted by atomic mass is 79.9. The normalized spacial score (nSPS) is 18.1. The second-order valence-electron chi connectivity index (χ2n) is 6.35. The SMILES string of the molecule is CC(C)(C)C(C)(O)Cc1cc(Br)cc2c1OCC2. The molecule has 100 valence electrons. The average Bonchev–Trinajstić information content (AvgIpc) is 2.62.